The van der Waals surface area contributed by atoms with Crippen LogP contribution in [0.5, 0.6) is 5.88 Å². The Bertz CT molecular complexity index is 420. The lowest BCUT2D eigenvalue weighted by atomic mass is 9.82. The van der Waals surface area contributed by atoms with Crippen LogP contribution < -0.4 is 10.1 Å². The van der Waals surface area contributed by atoms with E-state index in [2.05, 4.69) is 29.4 Å². The molecule has 1 aromatic rings. The van der Waals surface area contributed by atoms with Gasteiger partial charge in [0.15, 0.2) is 0 Å². The average Bonchev–Trinajstić information content (AvgIpc) is 3.21. The molecule has 1 N–H and O–H groups in total. The first-order valence-corrected chi connectivity index (χ1v) is 7.91. The Morgan fingerprint density at radius 3 is 2.45 bits per heavy atom. The molecule has 3 rings (SSSR count). The van der Waals surface area contributed by atoms with Crippen LogP contribution in [0.25, 0.3) is 0 Å². The lowest BCUT2D eigenvalue weighted by Gasteiger charge is -2.31. The van der Waals surface area contributed by atoms with E-state index in [1.54, 1.807) is 0 Å². The Morgan fingerprint density at radius 2 is 1.85 bits per heavy atom. The van der Waals surface area contributed by atoms with Gasteiger partial charge < -0.3 is 10.1 Å². The molecule has 4 heteroatoms. The second kappa shape index (κ2) is 6.08. The zero-order chi connectivity index (χ0) is 13.9. The molecule has 0 saturated heterocycles. The maximum absolute atomic E-state index is 6.00. The Hall–Kier alpha value is -1.16. The maximum Gasteiger partial charge on any atom is 0.233 e. The van der Waals surface area contributed by atoms with E-state index < -0.39 is 0 Å². The molecule has 0 aromatic carbocycles. The molecule has 1 heterocycles. The van der Waals surface area contributed by atoms with Crippen molar-refractivity contribution in [2.24, 2.45) is 11.8 Å². The molecule has 1 aromatic heterocycles. The fraction of sp³-hybridized carbons (Fsp3) is 0.750. The van der Waals surface area contributed by atoms with Crippen LogP contribution in [0.4, 0.5) is 0 Å². The third-order valence-electron chi connectivity index (χ3n) is 4.27. The highest BCUT2D eigenvalue weighted by atomic mass is 16.5. The molecule has 4 nitrogen and oxygen atoms in total. The molecule has 2 saturated carbocycles. The summed E-state index contributed by atoms with van der Waals surface area (Å²) in [5.74, 6) is 2.17. The van der Waals surface area contributed by atoms with Gasteiger partial charge in [0.2, 0.25) is 5.88 Å². The molecule has 0 amide bonds. The first-order valence-electron chi connectivity index (χ1n) is 7.91. The summed E-state index contributed by atoms with van der Waals surface area (Å²) in [5.41, 5.74) is 0.995. The van der Waals surface area contributed by atoms with Crippen LogP contribution in [0.2, 0.25) is 0 Å². The van der Waals surface area contributed by atoms with Crippen LogP contribution >= 0.6 is 0 Å². The van der Waals surface area contributed by atoms with Crippen molar-refractivity contribution in [1.29, 1.82) is 0 Å². The van der Waals surface area contributed by atoms with Gasteiger partial charge in [-0.2, -0.15) is 5.10 Å². The van der Waals surface area contributed by atoms with Crippen molar-refractivity contribution in [2.45, 2.75) is 64.6 Å². The molecule has 2 aliphatic carbocycles. The van der Waals surface area contributed by atoms with E-state index in [-0.39, 0.29) is 0 Å². The number of nitrogens with one attached hydrogen (secondary N) is 1. The van der Waals surface area contributed by atoms with Crippen molar-refractivity contribution in [3.8, 4) is 5.88 Å². The Kier molecular flexibility index (Phi) is 4.20. The lowest BCUT2D eigenvalue weighted by molar-refractivity contribution is 0.0956. The normalized spacial score (nSPS) is 30.2. The summed E-state index contributed by atoms with van der Waals surface area (Å²) < 4.78 is 6.00. The highest BCUT2D eigenvalue weighted by Crippen LogP contribution is 2.30. The molecule has 2 fully saturated rings. The number of nitrogens with zero attached hydrogens (tertiary/aromatic N) is 2. The fourth-order valence-corrected chi connectivity index (χ4v) is 3.18. The SMILES string of the molecule is CC1CC(C)CC(Oc2ccc(CNC3CC3)nn2)C1. The van der Waals surface area contributed by atoms with Gasteiger partial charge in [-0.05, 0) is 50.0 Å². The molecule has 0 spiro atoms. The third-order valence-corrected chi connectivity index (χ3v) is 4.27. The number of ether oxygens (including phenoxy) is 1. The summed E-state index contributed by atoms with van der Waals surface area (Å²) in [6.45, 7) is 5.43. The quantitative estimate of drug-likeness (QED) is 0.897. The first kappa shape index (κ1) is 13.8. The number of rotatable bonds is 5. The summed E-state index contributed by atoms with van der Waals surface area (Å²) in [7, 11) is 0. The minimum absolute atomic E-state index is 0.304. The summed E-state index contributed by atoms with van der Waals surface area (Å²) >= 11 is 0. The van der Waals surface area contributed by atoms with Crippen molar-refractivity contribution in [1.82, 2.24) is 15.5 Å². The predicted octanol–water partition coefficient (Wildman–Crippen LogP) is 2.93. The van der Waals surface area contributed by atoms with Gasteiger partial charge in [0, 0.05) is 18.7 Å². The van der Waals surface area contributed by atoms with Crippen LogP contribution in [0.1, 0.15) is 51.6 Å². The first-order chi connectivity index (χ1) is 9.69. The van der Waals surface area contributed by atoms with Gasteiger partial charge in [0.1, 0.15) is 6.10 Å². The predicted molar refractivity (Wildman–Crippen MR) is 78.5 cm³/mol. The summed E-state index contributed by atoms with van der Waals surface area (Å²) in [6.07, 6.45) is 6.49. The van der Waals surface area contributed by atoms with Crippen LogP contribution in [-0.4, -0.2) is 22.3 Å². The molecule has 0 radical (unpaired) electrons. The summed E-state index contributed by atoms with van der Waals surface area (Å²) in [6, 6.07) is 4.69. The Balaban J connectivity index is 1.51. The third kappa shape index (κ3) is 3.92. The van der Waals surface area contributed by atoms with Gasteiger partial charge in [-0.3, -0.25) is 0 Å². The van der Waals surface area contributed by atoms with Crippen LogP contribution in [-0.2, 0) is 6.54 Å². The molecule has 20 heavy (non-hydrogen) atoms. The number of hydrogen-bond donors (Lipinski definition) is 1. The van der Waals surface area contributed by atoms with Crippen molar-refractivity contribution in [2.75, 3.05) is 0 Å². The Labute approximate surface area is 121 Å². The highest BCUT2D eigenvalue weighted by molar-refractivity contribution is 5.12. The zero-order valence-corrected chi connectivity index (χ0v) is 12.5. The monoisotopic (exact) mass is 275 g/mol. The number of aromatic nitrogens is 2. The second-order valence-corrected chi connectivity index (χ2v) is 6.68. The van der Waals surface area contributed by atoms with E-state index in [0.717, 1.165) is 36.9 Å². The molecule has 2 unspecified atom stereocenters. The second-order valence-electron chi connectivity index (χ2n) is 6.68. The fourth-order valence-electron chi connectivity index (χ4n) is 3.18. The van der Waals surface area contributed by atoms with E-state index in [1.807, 2.05) is 12.1 Å². The minimum Gasteiger partial charge on any atom is -0.473 e. The maximum atomic E-state index is 6.00. The van der Waals surface area contributed by atoms with Crippen molar-refractivity contribution < 1.29 is 4.74 Å². The molecule has 0 aliphatic heterocycles. The topological polar surface area (TPSA) is 47.0 Å². The average molecular weight is 275 g/mol. The molecular weight excluding hydrogens is 250 g/mol. The van der Waals surface area contributed by atoms with Gasteiger partial charge >= 0.3 is 0 Å². The van der Waals surface area contributed by atoms with E-state index in [9.17, 15) is 0 Å². The zero-order valence-electron chi connectivity index (χ0n) is 12.5. The highest BCUT2D eigenvalue weighted by Gasteiger charge is 2.25. The molecule has 0 bridgehead atoms. The van der Waals surface area contributed by atoms with Gasteiger partial charge in [-0.15, -0.1) is 5.10 Å². The van der Waals surface area contributed by atoms with Gasteiger partial charge in [-0.25, -0.2) is 0 Å². The van der Waals surface area contributed by atoms with E-state index >= 15 is 0 Å². The molecular formula is C16H25N3O. The molecule has 2 atom stereocenters. The number of hydrogen-bond acceptors (Lipinski definition) is 4. The van der Waals surface area contributed by atoms with E-state index in [1.165, 1.54) is 19.3 Å². The van der Waals surface area contributed by atoms with Crippen LogP contribution in [0.15, 0.2) is 12.1 Å². The summed E-state index contributed by atoms with van der Waals surface area (Å²) in [5, 5.41) is 11.9. The molecule has 2 aliphatic rings. The van der Waals surface area contributed by atoms with E-state index in [4.69, 9.17) is 4.74 Å². The van der Waals surface area contributed by atoms with Crippen LogP contribution in [0.3, 0.4) is 0 Å². The molecule has 110 valence electrons. The lowest BCUT2D eigenvalue weighted by Crippen LogP contribution is -2.28. The van der Waals surface area contributed by atoms with Gasteiger partial charge in [0.25, 0.3) is 0 Å². The van der Waals surface area contributed by atoms with Crippen molar-refractivity contribution >= 4 is 0 Å². The largest absolute Gasteiger partial charge is 0.473 e. The van der Waals surface area contributed by atoms with Gasteiger partial charge in [-0.1, -0.05) is 13.8 Å². The van der Waals surface area contributed by atoms with E-state index in [0.29, 0.717) is 18.0 Å². The van der Waals surface area contributed by atoms with Gasteiger partial charge in [0.05, 0.1) is 5.69 Å². The summed E-state index contributed by atoms with van der Waals surface area (Å²) in [4.78, 5) is 0. The van der Waals surface area contributed by atoms with Crippen molar-refractivity contribution in [3.63, 3.8) is 0 Å². The van der Waals surface area contributed by atoms with Crippen molar-refractivity contribution in [3.05, 3.63) is 17.8 Å². The standard InChI is InChI=1S/C16H25N3O/c1-11-7-12(2)9-15(8-11)20-16-6-5-14(18-19-16)10-17-13-3-4-13/h5-6,11-13,15,17H,3-4,7-10H2,1-2H3. The Morgan fingerprint density at radius 1 is 1.10 bits per heavy atom. The smallest absolute Gasteiger partial charge is 0.233 e. The van der Waals surface area contributed by atoms with Crippen LogP contribution in [0, 0.1) is 11.8 Å². The minimum atomic E-state index is 0.304.